The molecule has 71 heavy (non-hydrogen) atoms. The highest BCUT2D eigenvalue weighted by Crippen LogP contribution is 2.40. The highest BCUT2D eigenvalue weighted by Gasteiger charge is 2.17. The number of hydrogen-bond acceptors (Lipinski definition) is 3. The summed E-state index contributed by atoms with van der Waals surface area (Å²) in [7, 11) is 0. The van der Waals surface area contributed by atoms with E-state index in [4.69, 9.17) is 10.7 Å². The number of hydrogen-bond donors (Lipinski definition) is 1. The van der Waals surface area contributed by atoms with Gasteiger partial charge in [-0.15, -0.1) is 0 Å². The molecule has 3 heteroatoms. The van der Waals surface area contributed by atoms with Crippen LogP contribution in [-0.4, -0.2) is 5.71 Å². The Hall–Kier alpha value is -8.89. The SMILES string of the molecule is NC(CC(=NCc1ccc(-c2ccc(N(c3ccc(-c4ccc(-c5ccccc5)cc4)cc3)c3cccc4ccccc34)cc2)cc1)c1ccc(-c2ccccc2)cc1)c1ccc(-c2ccccc2)cc1. The quantitative estimate of drug-likeness (QED) is 0.110. The van der Waals surface area contributed by atoms with E-state index >= 15 is 0 Å². The lowest BCUT2D eigenvalue weighted by Crippen LogP contribution is -2.16. The third kappa shape index (κ3) is 10.1. The number of nitrogens with zero attached hydrogens (tertiary/aromatic N) is 2. The lowest BCUT2D eigenvalue weighted by Gasteiger charge is -2.27. The number of rotatable bonds is 14. The number of anilines is 3. The predicted octanol–water partition coefficient (Wildman–Crippen LogP) is 17.7. The van der Waals surface area contributed by atoms with Crippen LogP contribution in [0.1, 0.15) is 29.2 Å². The second-order valence-electron chi connectivity index (χ2n) is 18.1. The molecule has 1 atom stereocenters. The van der Waals surface area contributed by atoms with Crippen molar-refractivity contribution in [3.8, 4) is 55.6 Å². The van der Waals surface area contributed by atoms with Crippen molar-refractivity contribution >= 4 is 33.5 Å². The molecule has 2 N–H and O–H groups in total. The first-order chi connectivity index (χ1) is 35.1. The number of nitrogens with two attached hydrogens (primary N) is 1. The molecule has 3 nitrogen and oxygen atoms in total. The van der Waals surface area contributed by atoms with Crippen molar-refractivity contribution in [3.63, 3.8) is 0 Å². The molecule has 11 aromatic carbocycles. The number of fused-ring (bicyclic) bond motifs is 1. The normalized spacial score (nSPS) is 11.9. The van der Waals surface area contributed by atoms with Crippen molar-refractivity contribution in [2.24, 2.45) is 10.7 Å². The third-order valence-electron chi connectivity index (χ3n) is 13.5. The van der Waals surface area contributed by atoms with E-state index in [1.165, 1.54) is 55.3 Å². The van der Waals surface area contributed by atoms with Gasteiger partial charge in [0.15, 0.2) is 0 Å². The Kier molecular flexibility index (Phi) is 13.0. The zero-order chi connectivity index (χ0) is 47.8. The summed E-state index contributed by atoms with van der Waals surface area (Å²) in [6, 6.07) is 99.3. The molecule has 0 saturated heterocycles. The molecule has 1 unspecified atom stereocenters. The summed E-state index contributed by atoms with van der Waals surface area (Å²) in [6.45, 7) is 0.548. The van der Waals surface area contributed by atoms with Crippen molar-refractivity contribution in [2.75, 3.05) is 4.90 Å². The van der Waals surface area contributed by atoms with E-state index in [0.29, 0.717) is 13.0 Å². The van der Waals surface area contributed by atoms with Crippen LogP contribution in [-0.2, 0) is 6.54 Å². The molecule has 340 valence electrons. The molecule has 11 aromatic rings. The molecule has 0 heterocycles. The Bertz CT molecular complexity index is 3510. The second-order valence-corrected chi connectivity index (χ2v) is 18.1. The van der Waals surface area contributed by atoms with Crippen LogP contribution < -0.4 is 10.6 Å². The smallest absolute Gasteiger partial charge is 0.0643 e. The lowest BCUT2D eigenvalue weighted by atomic mass is 9.95. The molecular formula is C68H53N3. The summed E-state index contributed by atoms with van der Waals surface area (Å²) in [5.41, 5.74) is 26.5. The highest BCUT2D eigenvalue weighted by atomic mass is 15.1. The van der Waals surface area contributed by atoms with Crippen molar-refractivity contribution in [2.45, 2.75) is 19.0 Å². The van der Waals surface area contributed by atoms with Crippen molar-refractivity contribution < 1.29 is 0 Å². The Morgan fingerprint density at radius 1 is 0.352 bits per heavy atom. The first kappa shape index (κ1) is 44.6. The number of benzene rings is 11. The fraction of sp³-hybridized carbons (Fsp3) is 0.0441. The first-order valence-electron chi connectivity index (χ1n) is 24.4. The van der Waals surface area contributed by atoms with Crippen LogP contribution in [0.25, 0.3) is 66.4 Å². The van der Waals surface area contributed by atoms with Crippen LogP contribution in [0.2, 0.25) is 0 Å². The maximum atomic E-state index is 6.98. The van der Waals surface area contributed by atoms with E-state index in [2.05, 4.69) is 278 Å². The lowest BCUT2D eigenvalue weighted by molar-refractivity contribution is 0.759. The van der Waals surface area contributed by atoms with Crippen molar-refractivity contribution in [1.82, 2.24) is 0 Å². The van der Waals surface area contributed by atoms with Gasteiger partial charge in [0.05, 0.1) is 12.2 Å². The van der Waals surface area contributed by atoms with Crippen molar-refractivity contribution in [3.05, 3.63) is 296 Å². The summed E-state index contributed by atoms with van der Waals surface area (Å²) >= 11 is 0. The van der Waals surface area contributed by atoms with Crippen LogP contribution in [0.15, 0.2) is 284 Å². The van der Waals surface area contributed by atoms with Gasteiger partial charge in [-0.25, -0.2) is 0 Å². The Balaban J connectivity index is 0.840. The van der Waals surface area contributed by atoms with Crippen LogP contribution in [0.3, 0.4) is 0 Å². The molecule has 0 bridgehead atoms. The molecule has 0 aliphatic carbocycles. The van der Waals surface area contributed by atoms with Gasteiger partial charge in [0.1, 0.15) is 0 Å². The predicted molar refractivity (Wildman–Crippen MR) is 300 cm³/mol. The summed E-state index contributed by atoms with van der Waals surface area (Å²) in [5.74, 6) is 0. The molecule has 0 aromatic heterocycles. The summed E-state index contributed by atoms with van der Waals surface area (Å²) in [4.78, 5) is 7.65. The van der Waals surface area contributed by atoms with Gasteiger partial charge in [-0.05, 0) is 108 Å². The maximum Gasteiger partial charge on any atom is 0.0643 e. The van der Waals surface area contributed by atoms with Crippen molar-refractivity contribution in [1.29, 1.82) is 0 Å². The molecule has 0 fully saturated rings. The molecule has 11 rings (SSSR count). The average Bonchev–Trinajstić information content (AvgIpc) is 3.45. The zero-order valence-electron chi connectivity index (χ0n) is 39.5. The van der Waals surface area contributed by atoms with Crippen LogP contribution >= 0.6 is 0 Å². The van der Waals surface area contributed by atoms with Gasteiger partial charge in [-0.3, -0.25) is 4.99 Å². The Morgan fingerprint density at radius 3 is 1.20 bits per heavy atom. The zero-order valence-corrected chi connectivity index (χ0v) is 39.5. The van der Waals surface area contributed by atoms with E-state index < -0.39 is 0 Å². The second kappa shape index (κ2) is 20.8. The van der Waals surface area contributed by atoms with E-state index in [0.717, 1.165) is 50.6 Å². The summed E-state index contributed by atoms with van der Waals surface area (Å²) < 4.78 is 0. The minimum absolute atomic E-state index is 0.211. The third-order valence-corrected chi connectivity index (χ3v) is 13.5. The van der Waals surface area contributed by atoms with Gasteiger partial charge in [-0.1, -0.05) is 249 Å². The standard InChI is InChI=1S/C68H53N3/c69-66(61-35-31-55(32-36-61)51-15-6-2-7-16-51)47-67(62-37-33-56(34-38-62)52-17-8-3-9-18-52)70-48-49-23-25-53(26-24-49)58-39-43-63(44-40-58)71(68-22-12-20-60-19-10-11-21-65(60)68)64-45-41-59(42-46-64)57-29-27-54(28-30-57)50-13-4-1-5-14-50/h1-46,66H,47-48,69H2. The minimum atomic E-state index is -0.211. The number of aliphatic imine (C=N–C) groups is 1. The van der Waals surface area contributed by atoms with Gasteiger partial charge in [0.25, 0.3) is 0 Å². The highest BCUT2D eigenvalue weighted by molar-refractivity contribution is 6.01. The molecule has 0 amide bonds. The van der Waals surface area contributed by atoms with Crippen LogP contribution in [0.4, 0.5) is 17.1 Å². The Morgan fingerprint density at radius 2 is 0.718 bits per heavy atom. The molecular weight excluding hydrogens is 859 g/mol. The van der Waals surface area contributed by atoms with Crippen LogP contribution in [0.5, 0.6) is 0 Å². The topological polar surface area (TPSA) is 41.6 Å². The molecule has 0 saturated carbocycles. The van der Waals surface area contributed by atoms with Crippen LogP contribution in [0, 0.1) is 0 Å². The van der Waals surface area contributed by atoms with Gasteiger partial charge in [0, 0.05) is 34.9 Å². The maximum absolute atomic E-state index is 6.98. The summed E-state index contributed by atoms with van der Waals surface area (Å²) in [6.07, 6.45) is 0.614. The van der Waals surface area contributed by atoms with Gasteiger partial charge in [0.2, 0.25) is 0 Å². The van der Waals surface area contributed by atoms with Gasteiger partial charge < -0.3 is 10.6 Å². The largest absolute Gasteiger partial charge is 0.324 e. The Labute approximate surface area is 417 Å². The van der Waals surface area contributed by atoms with E-state index in [1.807, 2.05) is 6.07 Å². The fourth-order valence-corrected chi connectivity index (χ4v) is 9.55. The van der Waals surface area contributed by atoms with Gasteiger partial charge in [-0.2, -0.15) is 0 Å². The van der Waals surface area contributed by atoms with Gasteiger partial charge >= 0.3 is 0 Å². The summed E-state index contributed by atoms with van der Waals surface area (Å²) in [5, 5.41) is 2.40. The molecule has 0 spiro atoms. The molecule has 0 aliphatic heterocycles. The molecule has 0 radical (unpaired) electrons. The van der Waals surface area contributed by atoms with E-state index in [1.54, 1.807) is 0 Å². The molecule has 0 aliphatic rings. The monoisotopic (exact) mass is 911 g/mol. The first-order valence-corrected chi connectivity index (χ1v) is 24.4. The minimum Gasteiger partial charge on any atom is -0.324 e. The van der Waals surface area contributed by atoms with E-state index in [-0.39, 0.29) is 6.04 Å². The average molecular weight is 912 g/mol. The fourth-order valence-electron chi connectivity index (χ4n) is 9.55. The van der Waals surface area contributed by atoms with E-state index in [9.17, 15) is 0 Å².